The Morgan fingerprint density at radius 1 is 0.519 bits per heavy atom. The maximum absolute atomic E-state index is 13.6. The molecule has 390 valence electrons. The van der Waals surface area contributed by atoms with Crippen molar-refractivity contribution >= 4 is 57.2 Å². The highest BCUT2D eigenvalue weighted by Crippen LogP contribution is 2.67. The van der Waals surface area contributed by atoms with Crippen LogP contribution in [0.4, 0.5) is 8.78 Å². The molecule has 0 saturated heterocycles. The predicted molar refractivity (Wildman–Crippen MR) is 287 cm³/mol. The van der Waals surface area contributed by atoms with Crippen LogP contribution in [0.3, 0.4) is 0 Å². The SMILES string of the molecule is CNC(=O)Cc1cc2oc(-c3ccc(F)cc3)c(C(=O)NC)c2cc1-c1cccc(C(=O)CC23CC(C2)C3)c1.CNC(=O)c1c(-c2ccc(F)cc2)oc2cc(CC(=O)O)c(-c3cccc(C(=O)CC45CC(C4)C5)c3)cc12. The Labute approximate surface area is 442 Å². The number of carboxylic acids is 1. The van der Waals surface area contributed by atoms with Crippen LogP contribution in [-0.4, -0.2) is 61.5 Å². The van der Waals surface area contributed by atoms with Gasteiger partial charge >= 0.3 is 5.97 Å². The van der Waals surface area contributed by atoms with Gasteiger partial charge in [-0.05, 0) is 180 Å². The van der Waals surface area contributed by atoms with E-state index in [1.807, 2.05) is 36.4 Å². The van der Waals surface area contributed by atoms with Crippen molar-refractivity contribution in [3.63, 3.8) is 0 Å². The first-order valence-electron chi connectivity index (χ1n) is 25.9. The van der Waals surface area contributed by atoms with E-state index in [9.17, 15) is 42.7 Å². The summed E-state index contributed by atoms with van der Waals surface area (Å²) in [6.45, 7) is 0. The summed E-state index contributed by atoms with van der Waals surface area (Å²) in [6, 6.07) is 33.1. The van der Waals surface area contributed by atoms with Crippen LogP contribution in [0.1, 0.15) is 104 Å². The average Bonchev–Trinajstić information content (AvgIpc) is 4.08. The smallest absolute Gasteiger partial charge is 0.307 e. The number of rotatable bonds is 16. The number of amides is 3. The van der Waals surface area contributed by atoms with Crippen LogP contribution in [0.2, 0.25) is 0 Å². The third-order valence-electron chi connectivity index (χ3n) is 16.3. The summed E-state index contributed by atoms with van der Waals surface area (Å²) >= 11 is 0. The lowest BCUT2D eigenvalue weighted by Crippen LogP contribution is -2.52. The van der Waals surface area contributed by atoms with Crippen LogP contribution in [-0.2, 0) is 22.4 Å². The summed E-state index contributed by atoms with van der Waals surface area (Å²) < 4.78 is 39.4. The molecule has 4 N–H and O–H groups in total. The molecule has 0 atom stereocenters. The number of ketones is 2. The zero-order valence-electron chi connectivity index (χ0n) is 42.7. The molecule has 0 spiro atoms. The molecule has 0 aliphatic heterocycles. The van der Waals surface area contributed by atoms with Gasteiger partial charge in [0.15, 0.2) is 11.6 Å². The van der Waals surface area contributed by atoms with E-state index in [4.69, 9.17) is 8.83 Å². The number of carbonyl (C=O) groups excluding carboxylic acids is 5. The monoisotopic (exact) mass is 1040 g/mol. The molecule has 77 heavy (non-hydrogen) atoms. The summed E-state index contributed by atoms with van der Waals surface area (Å²) in [5.74, 6) is -0.317. The van der Waals surface area contributed by atoms with Crippen molar-refractivity contribution < 1.29 is 51.5 Å². The number of Topliss-reactive ketones (excluding diaryl/α,β-unsaturated/α-hetero) is 2. The van der Waals surface area contributed by atoms with Gasteiger partial charge in [-0.3, -0.25) is 28.8 Å². The largest absolute Gasteiger partial charge is 0.481 e. The first-order valence-corrected chi connectivity index (χ1v) is 25.9. The second-order valence-corrected chi connectivity index (χ2v) is 21.5. The van der Waals surface area contributed by atoms with E-state index < -0.39 is 17.6 Å². The van der Waals surface area contributed by atoms with E-state index in [0.717, 1.165) is 61.5 Å². The fraction of sp³-hybridized carbons (Fsp3) is 0.270. The zero-order valence-corrected chi connectivity index (χ0v) is 42.7. The van der Waals surface area contributed by atoms with Crippen molar-refractivity contribution in [3.05, 3.63) is 166 Å². The fourth-order valence-electron chi connectivity index (χ4n) is 12.3. The number of aliphatic carboxylic acids is 1. The van der Waals surface area contributed by atoms with Crippen molar-refractivity contribution in [1.29, 1.82) is 0 Å². The molecule has 2 heterocycles. The Morgan fingerprint density at radius 2 is 0.922 bits per heavy atom. The lowest BCUT2D eigenvalue weighted by Gasteiger charge is -2.62. The minimum absolute atomic E-state index is 0.0896. The topological polar surface area (TPSA) is 185 Å². The first kappa shape index (κ1) is 50.6. The third kappa shape index (κ3) is 9.61. The molecule has 3 amide bonds. The summed E-state index contributed by atoms with van der Waals surface area (Å²) in [5.41, 5.74) is 8.11. The van der Waals surface area contributed by atoms with Crippen LogP contribution in [0.25, 0.3) is 66.8 Å². The number of hydrogen-bond acceptors (Lipinski definition) is 8. The lowest BCUT2D eigenvalue weighted by molar-refractivity contribution is -0.136. The Kier molecular flexibility index (Phi) is 13.1. The highest BCUT2D eigenvalue weighted by Gasteiger charge is 2.57. The summed E-state index contributed by atoms with van der Waals surface area (Å²) in [4.78, 5) is 76.6. The van der Waals surface area contributed by atoms with Gasteiger partial charge in [-0.1, -0.05) is 36.4 Å². The molecule has 0 unspecified atom stereocenters. The molecule has 6 fully saturated rings. The highest BCUT2D eigenvalue weighted by molar-refractivity contribution is 6.13. The third-order valence-corrected chi connectivity index (χ3v) is 16.3. The van der Waals surface area contributed by atoms with Gasteiger partial charge in [0.1, 0.15) is 34.3 Å². The van der Waals surface area contributed by atoms with Gasteiger partial charge in [0.2, 0.25) is 5.91 Å². The molecule has 2 aromatic heterocycles. The standard InChI is InChI=1S/C32H29FN2O4.C31H26FNO5/c1-34-28(37)12-22-11-27-25(29(31(38)35-2)30(39-27)19-6-8-23(33)9-7-19)13-24(22)20-4-3-5-21(10-20)26(36)17-32-14-18(15-32)16-32;1-33-30(37)28-24-12-23(19-3-2-4-20(9-19)25(34)16-31-13-17(14-31)15-31)21(11-27(35)36)10-26(24)38-29(28)18-5-7-22(32)8-6-18/h3-11,13,18H,12,14-17H2,1-2H3,(H,34,37)(H,35,38);2-10,12,17H,11,13-16H2,1H3,(H,33,37)(H,35,36). The summed E-state index contributed by atoms with van der Waals surface area (Å²) in [7, 11) is 4.63. The fourth-order valence-corrected chi connectivity index (χ4v) is 12.3. The van der Waals surface area contributed by atoms with Crippen LogP contribution in [0, 0.1) is 34.3 Å². The van der Waals surface area contributed by atoms with E-state index in [1.54, 1.807) is 55.6 Å². The minimum Gasteiger partial charge on any atom is -0.481 e. The molecule has 8 aromatic rings. The molecule has 12 nitrogen and oxygen atoms in total. The number of carbonyl (C=O) groups is 6. The maximum atomic E-state index is 13.6. The molecular weight excluding hydrogens is 981 g/mol. The maximum Gasteiger partial charge on any atom is 0.307 e. The zero-order chi connectivity index (χ0) is 53.9. The van der Waals surface area contributed by atoms with Crippen molar-refractivity contribution in [2.24, 2.45) is 22.7 Å². The number of nitrogens with one attached hydrogen (secondary N) is 3. The minimum atomic E-state index is -1.02. The molecule has 6 aromatic carbocycles. The summed E-state index contributed by atoms with van der Waals surface area (Å²) in [5, 5.41) is 18.7. The molecule has 14 rings (SSSR count). The molecular formula is C63H55F2N3O9. The van der Waals surface area contributed by atoms with Gasteiger partial charge < -0.3 is 29.9 Å². The van der Waals surface area contributed by atoms with Crippen LogP contribution in [0.15, 0.2) is 130 Å². The van der Waals surface area contributed by atoms with Gasteiger partial charge in [-0.15, -0.1) is 0 Å². The molecule has 0 radical (unpaired) electrons. The quantitative estimate of drug-likeness (QED) is 0.0684. The van der Waals surface area contributed by atoms with Gasteiger partial charge in [-0.2, -0.15) is 0 Å². The van der Waals surface area contributed by atoms with Crippen molar-refractivity contribution in [2.45, 2.75) is 64.2 Å². The Hall–Kier alpha value is -8.52. The molecule has 6 aliphatic rings. The number of fused-ring (bicyclic) bond motifs is 2. The first-order chi connectivity index (χ1) is 37.0. The number of hydrogen-bond donors (Lipinski definition) is 4. The Bertz CT molecular complexity index is 3710. The number of likely N-dealkylation sites (N-methyl/N-ethyl adjacent to an activating group) is 1. The molecule has 6 saturated carbocycles. The van der Waals surface area contributed by atoms with Crippen LogP contribution < -0.4 is 16.0 Å². The van der Waals surface area contributed by atoms with E-state index in [2.05, 4.69) is 16.0 Å². The van der Waals surface area contributed by atoms with Gasteiger partial charge in [-0.25, -0.2) is 8.78 Å². The predicted octanol–water partition coefficient (Wildman–Crippen LogP) is 12.2. The second-order valence-electron chi connectivity index (χ2n) is 21.5. The summed E-state index contributed by atoms with van der Waals surface area (Å²) in [6.07, 6.45) is 7.81. The lowest BCUT2D eigenvalue weighted by atomic mass is 9.43. The van der Waals surface area contributed by atoms with Crippen molar-refractivity contribution in [1.82, 2.24) is 16.0 Å². The number of furan rings is 2. The highest BCUT2D eigenvalue weighted by atomic mass is 19.1. The van der Waals surface area contributed by atoms with E-state index >= 15 is 0 Å². The van der Waals surface area contributed by atoms with E-state index in [-0.39, 0.29) is 64.3 Å². The number of halogens is 2. The Balaban J connectivity index is 0.000000164. The molecule has 6 aliphatic carbocycles. The average molecular weight is 1040 g/mol. The number of carboxylic acid groups (broad SMARTS) is 1. The van der Waals surface area contributed by atoms with Crippen molar-refractivity contribution in [2.75, 3.05) is 21.1 Å². The van der Waals surface area contributed by atoms with Crippen LogP contribution >= 0.6 is 0 Å². The van der Waals surface area contributed by atoms with E-state index in [1.165, 1.54) is 50.5 Å². The van der Waals surface area contributed by atoms with E-state index in [0.29, 0.717) is 90.6 Å². The van der Waals surface area contributed by atoms with Gasteiger partial charge in [0, 0.05) is 67.0 Å². The molecule has 14 heteroatoms. The normalized spacial score (nSPS) is 19.3. The molecule has 4 bridgehead atoms. The van der Waals surface area contributed by atoms with Crippen molar-refractivity contribution in [3.8, 4) is 44.9 Å². The Morgan fingerprint density at radius 3 is 1.27 bits per heavy atom. The second kappa shape index (κ2) is 19.9. The number of benzene rings is 6. The van der Waals surface area contributed by atoms with Gasteiger partial charge in [0.25, 0.3) is 11.8 Å². The van der Waals surface area contributed by atoms with Gasteiger partial charge in [0.05, 0.1) is 24.0 Å². The van der Waals surface area contributed by atoms with Crippen LogP contribution in [0.5, 0.6) is 0 Å².